The molecule has 1 saturated heterocycles. The van der Waals surface area contributed by atoms with E-state index < -0.39 is 0 Å². The van der Waals surface area contributed by atoms with Gasteiger partial charge in [-0.05, 0) is 56.0 Å². The molecule has 0 unspecified atom stereocenters. The molecule has 0 aromatic heterocycles. The molecule has 4 heteroatoms. The second kappa shape index (κ2) is 8.70. The van der Waals surface area contributed by atoms with Crippen molar-refractivity contribution in [1.82, 2.24) is 4.90 Å². The van der Waals surface area contributed by atoms with Gasteiger partial charge in [-0.1, -0.05) is 26.2 Å². The quantitative estimate of drug-likeness (QED) is 0.876. The fourth-order valence-corrected chi connectivity index (χ4v) is 4.16. The Morgan fingerprint density at radius 2 is 1.84 bits per heavy atom. The van der Waals surface area contributed by atoms with Crippen molar-refractivity contribution >= 4 is 17.3 Å². The number of amides is 1. The SMILES string of the molecule is CCN1CCN(c2ccc(NC(=O)CC3CCCCC3)c(C)c2)CC1. The summed E-state index contributed by atoms with van der Waals surface area (Å²) in [6.45, 7) is 9.90. The summed E-state index contributed by atoms with van der Waals surface area (Å²) in [5.41, 5.74) is 3.41. The molecule has 1 N–H and O–H groups in total. The Morgan fingerprint density at radius 1 is 1.12 bits per heavy atom. The molecule has 1 aromatic carbocycles. The van der Waals surface area contributed by atoms with E-state index in [1.165, 1.54) is 37.8 Å². The topological polar surface area (TPSA) is 35.6 Å². The molecule has 0 spiro atoms. The van der Waals surface area contributed by atoms with E-state index >= 15 is 0 Å². The summed E-state index contributed by atoms with van der Waals surface area (Å²) in [7, 11) is 0. The van der Waals surface area contributed by atoms with Crippen molar-refractivity contribution in [3.8, 4) is 0 Å². The third-order valence-electron chi connectivity index (χ3n) is 5.87. The lowest BCUT2D eigenvalue weighted by Gasteiger charge is -2.35. The van der Waals surface area contributed by atoms with Crippen molar-refractivity contribution in [3.05, 3.63) is 23.8 Å². The zero-order chi connectivity index (χ0) is 17.6. The average molecular weight is 344 g/mol. The second-order valence-corrected chi connectivity index (χ2v) is 7.68. The summed E-state index contributed by atoms with van der Waals surface area (Å²) < 4.78 is 0. The van der Waals surface area contributed by atoms with Gasteiger partial charge in [0.1, 0.15) is 0 Å². The second-order valence-electron chi connectivity index (χ2n) is 7.68. The number of carbonyl (C=O) groups is 1. The predicted molar refractivity (Wildman–Crippen MR) is 105 cm³/mol. The van der Waals surface area contributed by atoms with Crippen molar-refractivity contribution in [2.24, 2.45) is 5.92 Å². The number of hydrogen-bond donors (Lipinski definition) is 1. The highest BCUT2D eigenvalue weighted by molar-refractivity contribution is 5.91. The van der Waals surface area contributed by atoms with Crippen LogP contribution in [-0.4, -0.2) is 43.5 Å². The van der Waals surface area contributed by atoms with E-state index in [-0.39, 0.29) is 5.91 Å². The number of likely N-dealkylation sites (N-methyl/N-ethyl adjacent to an activating group) is 1. The lowest BCUT2D eigenvalue weighted by Crippen LogP contribution is -2.46. The van der Waals surface area contributed by atoms with Crippen molar-refractivity contribution in [1.29, 1.82) is 0 Å². The number of rotatable bonds is 5. The minimum Gasteiger partial charge on any atom is -0.369 e. The number of piperazine rings is 1. The maximum atomic E-state index is 12.4. The van der Waals surface area contributed by atoms with Gasteiger partial charge >= 0.3 is 0 Å². The molecule has 1 aliphatic carbocycles. The molecule has 25 heavy (non-hydrogen) atoms. The van der Waals surface area contributed by atoms with Crippen LogP contribution in [-0.2, 0) is 4.79 Å². The number of nitrogens with one attached hydrogen (secondary N) is 1. The van der Waals surface area contributed by atoms with Crippen LogP contribution < -0.4 is 10.2 Å². The molecule has 1 aromatic rings. The molecule has 0 bridgehead atoms. The standard InChI is InChI=1S/C21H33N3O/c1-3-23-11-13-24(14-12-23)19-9-10-20(17(2)15-19)22-21(25)16-18-7-5-4-6-8-18/h9-10,15,18H,3-8,11-14,16H2,1-2H3,(H,22,25). The highest BCUT2D eigenvalue weighted by Gasteiger charge is 2.19. The highest BCUT2D eigenvalue weighted by atomic mass is 16.1. The van der Waals surface area contributed by atoms with E-state index in [1.807, 2.05) is 0 Å². The number of benzene rings is 1. The van der Waals surface area contributed by atoms with E-state index in [0.29, 0.717) is 12.3 Å². The smallest absolute Gasteiger partial charge is 0.224 e. The third-order valence-corrected chi connectivity index (χ3v) is 5.87. The highest BCUT2D eigenvalue weighted by Crippen LogP contribution is 2.28. The van der Waals surface area contributed by atoms with Crippen molar-refractivity contribution < 1.29 is 4.79 Å². The first-order chi connectivity index (χ1) is 12.2. The molecule has 1 aliphatic heterocycles. The summed E-state index contributed by atoms with van der Waals surface area (Å²) in [5.74, 6) is 0.766. The van der Waals surface area contributed by atoms with Crippen molar-refractivity contribution in [3.63, 3.8) is 0 Å². The zero-order valence-electron chi connectivity index (χ0n) is 15.9. The molecular formula is C21H33N3O. The predicted octanol–water partition coefficient (Wildman–Crippen LogP) is 4.05. The van der Waals surface area contributed by atoms with Gasteiger partial charge in [-0.25, -0.2) is 0 Å². The molecule has 1 amide bonds. The Bertz CT molecular complexity index is 573. The van der Waals surface area contributed by atoms with Crippen LogP contribution >= 0.6 is 0 Å². The zero-order valence-corrected chi connectivity index (χ0v) is 15.9. The van der Waals surface area contributed by atoms with Crippen LogP contribution in [0, 0.1) is 12.8 Å². The maximum absolute atomic E-state index is 12.4. The number of nitrogens with zero attached hydrogens (tertiary/aromatic N) is 2. The van der Waals surface area contributed by atoms with Gasteiger partial charge in [0.15, 0.2) is 0 Å². The molecule has 1 saturated carbocycles. The third kappa shape index (κ3) is 4.97. The van der Waals surface area contributed by atoms with Crippen LogP contribution in [0.2, 0.25) is 0 Å². The van der Waals surface area contributed by atoms with E-state index in [0.717, 1.165) is 44.0 Å². The minimum atomic E-state index is 0.180. The molecule has 0 radical (unpaired) electrons. The molecule has 2 aliphatic rings. The summed E-state index contributed by atoms with van der Waals surface area (Å²) in [6.07, 6.45) is 7.03. The molecule has 4 nitrogen and oxygen atoms in total. The summed E-state index contributed by atoms with van der Waals surface area (Å²) in [6, 6.07) is 6.46. The van der Waals surface area contributed by atoms with E-state index in [9.17, 15) is 4.79 Å². The van der Waals surface area contributed by atoms with E-state index in [2.05, 4.69) is 47.2 Å². The number of carbonyl (C=O) groups excluding carboxylic acids is 1. The Hall–Kier alpha value is -1.55. The normalized spacial score (nSPS) is 19.8. The Kier molecular flexibility index (Phi) is 6.35. The number of aryl methyl sites for hydroxylation is 1. The van der Waals surface area contributed by atoms with Gasteiger partial charge < -0.3 is 15.1 Å². The van der Waals surface area contributed by atoms with E-state index in [1.54, 1.807) is 0 Å². The molecule has 138 valence electrons. The largest absolute Gasteiger partial charge is 0.369 e. The van der Waals surface area contributed by atoms with Crippen LogP contribution in [0.25, 0.3) is 0 Å². The summed E-state index contributed by atoms with van der Waals surface area (Å²) >= 11 is 0. The molecule has 3 rings (SSSR count). The van der Waals surface area contributed by atoms with Gasteiger partial charge in [0.05, 0.1) is 0 Å². The summed E-state index contributed by atoms with van der Waals surface area (Å²) in [5, 5.41) is 3.14. The minimum absolute atomic E-state index is 0.180. The van der Waals surface area contributed by atoms with Crippen LogP contribution in [0.4, 0.5) is 11.4 Å². The monoisotopic (exact) mass is 343 g/mol. The van der Waals surface area contributed by atoms with Gasteiger partial charge in [0.25, 0.3) is 0 Å². The molecule has 1 heterocycles. The van der Waals surface area contributed by atoms with Crippen LogP contribution in [0.3, 0.4) is 0 Å². The van der Waals surface area contributed by atoms with Gasteiger partial charge in [-0.2, -0.15) is 0 Å². The number of anilines is 2. The Balaban J connectivity index is 1.55. The van der Waals surface area contributed by atoms with Crippen LogP contribution in [0.5, 0.6) is 0 Å². The van der Waals surface area contributed by atoms with Crippen LogP contribution in [0.15, 0.2) is 18.2 Å². The van der Waals surface area contributed by atoms with Crippen LogP contribution in [0.1, 0.15) is 51.0 Å². The first kappa shape index (κ1) is 18.2. The molecule has 0 atom stereocenters. The van der Waals surface area contributed by atoms with Crippen molar-refractivity contribution in [2.45, 2.75) is 52.4 Å². The van der Waals surface area contributed by atoms with Gasteiger partial charge in [0.2, 0.25) is 5.91 Å². The first-order valence-corrected chi connectivity index (χ1v) is 10.0. The number of hydrogen-bond acceptors (Lipinski definition) is 3. The first-order valence-electron chi connectivity index (χ1n) is 10.0. The fraction of sp³-hybridized carbons (Fsp3) is 0.667. The lowest BCUT2D eigenvalue weighted by atomic mass is 9.87. The maximum Gasteiger partial charge on any atom is 0.224 e. The van der Waals surface area contributed by atoms with E-state index in [4.69, 9.17) is 0 Å². The average Bonchev–Trinajstić information content (AvgIpc) is 2.64. The summed E-state index contributed by atoms with van der Waals surface area (Å²) in [4.78, 5) is 17.3. The van der Waals surface area contributed by atoms with Gasteiger partial charge in [-0.3, -0.25) is 4.79 Å². The van der Waals surface area contributed by atoms with Crippen molar-refractivity contribution in [2.75, 3.05) is 42.9 Å². The van der Waals surface area contributed by atoms with Gasteiger partial charge in [0, 0.05) is 44.0 Å². The lowest BCUT2D eigenvalue weighted by molar-refractivity contribution is -0.117. The Morgan fingerprint density at radius 3 is 2.48 bits per heavy atom. The van der Waals surface area contributed by atoms with Gasteiger partial charge in [-0.15, -0.1) is 0 Å². The fourth-order valence-electron chi connectivity index (χ4n) is 4.16. The molecule has 2 fully saturated rings. The molecular weight excluding hydrogens is 310 g/mol. The Labute approximate surface area is 152 Å².